The van der Waals surface area contributed by atoms with Gasteiger partial charge in [0.05, 0.1) is 11.1 Å². The number of alkyl halides is 3. The molecule has 0 atom stereocenters. The zero-order valence-corrected chi connectivity index (χ0v) is 13.5. The fourth-order valence-corrected chi connectivity index (χ4v) is 2.75. The van der Waals surface area contributed by atoms with E-state index in [1.165, 1.54) is 12.1 Å². The monoisotopic (exact) mass is 380 g/mol. The van der Waals surface area contributed by atoms with E-state index in [0.29, 0.717) is 10.9 Å². The Labute approximate surface area is 147 Å². The summed E-state index contributed by atoms with van der Waals surface area (Å²) in [5, 5.41) is 4.68. The highest BCUT2D eigenvalue weighted by molar-refractivity contribution is 6.30. The summed E-state index contributed by atoms with van der Waals surface area (Å²) in [6.45, 7) is 0. The molecular weight excluding hydrogens is 373 g/mol. The normalized spacial score (nSPS) is 12.0. The molecule has 0 radical (unpaired) electrons. The highest BCUT2D eigenvalue weighted by atomic mass is 35.5. The summed E-state index contributed by atoms with van der Waals surface area (Å²) in [4.78, 5) is 19.0. The topological polar surface area (TPSA) is 72.3 Å². The minimum Gasteiger partial charge on any atom is -0.405 e. The smallest absolute Gasteiger partial charge is 0.405 e. The van der Waals surface area contributed by atoms with Crippen molar-refractivity contribution in [3.05, 3.63) is 58.0 Å². The van der Waals surface area contributed by atoms with Gasteiger partial charge in [-0.05, 0) is 30.3 Å². The van der Waals surface area contributed by atoms with E-state index in [9.17, 15) is 18.0 Å². The summed E-state index contributed by atoms with van der Waals surface area (Å²) in [6.07, 6.45) is -4.91. The lowest BCUT2D eigenvalue weighted by molar-refractivity contribution is -0.274. The zero-order chi connectivity index (χ0) is 18.5. The van der Waals surface area contributed by atoms with E-state index in [1.54, 1.807) is 24.3 Å². The van der Waals surface area contributed by atoms with Gasteiger partial charge in [-0.2, -0.15) is 4.52 Å². The standard InChI is InChI=1S/C16H8ClF3N4O2/c17-8-5-6-10(12(7-8)26-16(18,19)20)13-22-14-9-3-1-2-4-11(9)21-15(25)24(14)23-13/h1-7H,(H,21,25). The third kappa shape index (κ3) is 2.86. The molecule has 0 amide bonds. The minimum atomic E-state index is -4.91. The Kier molecular flexibility index (Phi) is 3.62. The highest BCUT2D eigenvalue weighted by Gasteiger charge is 2.33. The van der Waals surface area contributed by atoms with Crippen molar-refractivity contribution in [2.75, 3.05) is 0 Å². The van der Waals surface area contributed by atoms with E-state index < -0.39 is 17.8 Å². The first kappa shape index (κ1) is 16.4. The Morgan fingerprint density at radius 1 is 1.15 bits per heavy atom. The number of benzene rings is 2. The van der Waals surface area contributed by atoms with Crippen molar-refractivity contribution in [3.63, 3.8) is 0 Å². The molecule has 0 unspecified atom stereocenters. The van der Waals surface area contributed by atoms with Gasteiger partial charge < -0.3 is 9.72 Å². The summed E-state index contributed by atoms with van der Waals surface area (Å²) in [6, 6.07) is 10.6. The van der Waals surface area contributed by atoms with Gasteiger partial charge in [-0.15, -0.1) is 18.3 Å². The molecule has 2 aromatic heterocycles. The molecule has 2 heterocycles. The van der Waals surface area contributed by atoms with E-state index >= 15 is 0 Å². The molecule has 0 aliphatic carbocycles. The van der Waals surface area contributed by atoms with Gasteiger partial charge in [0.2, 0.25) is 0 Å². The molecule has 0 aliphatic rings. The largest absolute Gasteiger partial charge is 0.573 e. The van der Waals surface area contributed by atoms with E-state index in [4.69, 9.17) is 11.6 Å². The van der Waals surface area contributed by atoms with Gasteiger partial charge in [0.15, 0.2) is 11.5 Å². The lowest BCUT2D eigenvalue weighted by atomic mass is 10.2. The van der Waals surface area contributed by atoms with Crippen LogP contribution in [0, 0.1) is 0 Å². The van der Waals surface area contributed by atoms with Crippen molar-refractivity contribution < 1.29 is 17.9 Å². The summed E-state index contributed by atoms with van der Waals surface area (Å²) in [7, 11) is 0. The number of fused-ring (bicyclic) bond motifs is 3. The van der Waals surface area contributed by atoms with E-state index in [2.05, 4.69) is 19.8 Å². The number of nitrogens with zero attached hydrogens (tertiary/aromatic N) is 3. The van der Waals surface area contributed by atoms with Crippen LogP contribution in [0.15, 0.2) is 47.3 Å². The van der Waals surface area contributed by atoms with Crippen molar-refractivity contribution in [1.82, 2.24) is 19.6 Å². The molecule has 132 valence electrons. The Morgan fingerprint density at radius 2 is 1.92 bits per heavy atom. The molecule has 0 aliphatic heterocycles. The molecule has 4 rings (SSSR count). The third-order valence-electron chi connectivity index (χ3n) is 3.62. The van der Waals surface area contributed by atoms with Crippen LogP contribution in [0.4, 0.5) is 13.2 Å². The van der Waals surface area contributed by atoms with Crippen molar-refractivity contribution >= 4 is 28.2 Å². The van der Waals surface area contributed by atoms with Crippen LogP contribution in [0.25, 0.3) is 27.9 Å². The fraction of sp³-hybridized carbons (Fsp3) is 0.0625. The maximum atomic E-state index is 12.7. The summed E-state index contributed by atoms with van der Waals surface area (Å²) < 4.78 is 43.0. The number of hydrogen-bond donors (Lipinski definition) is 1. The van der Waals surface area contributed by atoms with Crippen LogP contribution >= 0.6 is 11.6 Å². The molecule has 1 N–H and O–H groups in total. The van der Waals surface area contributed by atoms with Crippen LogP contribution in [0.3, 0.4) is 0 Å². The molecule has 2 aromatic carbocycles. The number of aromatic nitrogens is 4. The number of halogens is 4. The summed E-state index contributed by atoms with van der Waals surface area (Å²) in [5.74, 6) is -0.649. The number of hydrogen-bond acceptors (Lipinski definition) is 4. The Balaban J connectivity index is 1.97. The highest BCUT2D eigenvalue weighted by Crippen LogP contribution is 2.34. The first-order valence-corrected chi connectivity index (χ1v) is 7.63. The zero-order valence-electron chi connectivity index (χ0n) is 12.7. The molecule has 0 saturated heterocycles. The predicted octanol–water partition coefficient (Wildman–Crippen LogP) is 3.79. The summed E-state index contributed by atoms with van der Waals surface area (Å²) >= 11 is 5.77. The van der Waals surface area contributed by atoms with E-state index in [0.717, 1.165) is 10.6 Å². The average Bonchev–Trinajstić information content (AvgIpc) is 2.99. The van der Waals surface area contributed by atoms with Gasteiger partial charge >= 0.3 is 12.1 Å². The van der Waals surface area contributed by atoms with Gasteiger partial charge in [-0.25, -0.2) is 9.78 Å². The van der Waals surface area contributed by atoms with Crippen LogP contribution in [-0.2, 0) is 0 Å². The Bertz CT molecular complexity index is 1200. The number of nitrogens with one attached hydrogen (secondary N) is 1. The van der Waals surface area contributed by atoms with Gasteiger partial charge in [-0.3, -0.25) is 0 Å². The van der Waals surface area contributed by atoms with Gasteiger partial charge in [-0.1, -0.05) is 23.7 Å². The second-order valence-corrected chi connectivity index (χ2v) is 5.77. The maximum absolute atomic E-state index is 12.7. The molecule has 0 saturated carbocycles. The molecule has 0 spiro atoms. The molecular formula is C16H8ClF3N4O2. The quantitative estimate of drug-likeness (QED) is 0.574. The molecule has 4 aromatic rings. The van der Waals surface area contributed by atoms with Crippen LogP contribution in [0.2, 0.25) is 5.02 Å². The third-order valence-corrected chi connectivity index (χ3v) is 3.85. The molecule has 0 bridgehead atoms. The van der Waals surface area contributed by atoms with Crippen molar-refractivity contribution in [2.24, 2.45) is 0 Å². The predicted molar refractivity (Wildman–Crippen MR) is 88.2 cm³/mol. The minimum absolute atomic E-state index is 0.0427. The second-order valence-electron chi connectivity index (χ2n) is 5.33. The van der Waals surface area contributed by atoms with Crippen molar-refractivity contribution in [1.29, 1.82) is 0 Å². The van der Waals surface area contributed by atoms with Crippen molar-refractivity contribution in [2.45, 2.75) is 6.36 Å². The lowest BCUT2D eigenvalue weighted by Crippen LogP contribution is -2.18. The van der Waals surface area contributed by atoms with Gasteiger partial charge in [0.1, 0.15) is 5.75 Å². The first-order chi connectivity index (χ1) is 12.3. The molecule has 6 nitrogen and oxygen atoms in total. The number of ether oxygens (including phenoxy) is 1. The lowest BCUT2D eigenvalue weighted by Gasteiger charge is -2.11. The molecule has 26 heavy (non-hydrogen) atoms. The average molecular weight is 381 g/mol. The molecule has 0 fully saturated rings. The number of aromatic amines is 1. The van der Waals surface area contributed by atoms with Crippen LogP contribution in [0.1, 0.15) is 0 Å². The number of rotatable bonds is 2. The van der Waals surface area contributed by atoms with E-state index in [1.807, 2.05) is 0 Å². The van der Waals surface area contributed by atoms with Crippen LogP contribution < -0.4 is 10.4 Å². The molecule has 10 heteroatoms. The Morgan fingerprint density at radius 3 is 2.69 bits per heavy atom. The number of H-pyrrole nitrogens is 1. The first-order valence-electron chi connectivity index (χ1n) is 7.25. The van der Waals surface area contributed by atoms with E-state index in [-0.39, 0.29) is 22.1 Å². The van der Waals surface area contributed by atoms with Crippen molar-refractivity contribution in [3.8, 4) is 17.1 Å². The summed E-state index contributed by atoms with van der Waals surface area (Å²) in [5.41, 5.74) is 0.141. The van der Waals surface area contributed by atoms with Crippen LogP contribution in [-0.4, -0.2) is 25.9 Å². The SMILES string of the molecule is O=c1[nH]c2ccccc2c2nc(-c3ccc(Cl)cc3OC(F)(F)F)nn12. The second kappa shape index (κ2) is 5.73. The number of para-hydroxylation sites is 1. The Hall–Kier alpha value is -3.07. The fourth-order valence-electron chi connectivity index (χ4n) is 2.59. The maximum Gasteiger partial charge on any atom is 0.573 e. The van der Waals surface area contributed by atoms with Gasteiger partial charge in [0.25, 0.3) is 0 Å². The van der Waals surface area contributed by atoms with Gasteiger partial charge in [0, 0.05) is 10.4 Å². The van der Waals surface area contributed by atoms with Crippen LogP contribution in [0.5, 0.6) is 5.75 Å².